The molecule has 3 nitrogen and oxygen atoms in total. The van der Waals surface area contributed by atoms with E-state index in [1.807, 2.05) is 0 Å². The quantitative estimate of drug-likeness (QED) is 0.898. The second-order valence-corrected chi connectivity index (χ2v) is 5.84. The first kappa shape index (κ1) is 15.6. The third-order valence-corrected chi connectivity index (χ3v) is 4.34. The fraction of sp³-hybridized carbons (Fsp3) is 0.625. The van der Waals surface area contributed by atoms with Crippen molar-refractivity contribution in [2.75, 3.05) is 31.6 Å². The molecular formula is C16H25ClN2O. The molecule has 2 atom stereocenters. The highest BCUT2D eigenvalue weighted by molar-refractivity contribution is 6.33. The molecule has 1 saturated heterocycles. The van der Waals surface area contributed by atoms with Crippen LogP contribution in [-0.4, -0.2) is 32.8 Å². The van der Waals surface area contributed by atoms with Gasteiger partial charge >= 0.3 is 0 Å². The molecule has 0 saturated carbocycles. The lowest BCUT2D eigenvalue weighted by atomic mass is 10.0. The van der Waals surface area contributed by atoms with Crippen molar-refractivity contribution in [3.63, 3.8) is 0 Å². The van der Waals surface area contributed by atoms with Gasteiger partial charge in [0, 0.05) is 26.2 Å². The number of anilines is 1. The first-order valence-electron chi connectivity index (χ1n) is 7.46. The Labute approximate surface area is 127 Å². The van der Waals surface area contributed by atoms with Gasteiger partial charge in [0.05, 0.1) is 16.8 Å². The molecule has 0 amide bonds. The number of hydrogen-bond acceptors (Lipinski definition) is 3. The second-order valence-electron chi connectivity index (χ2n) is 5.44. The summed E-state index contributed by atoms with van der Waals surface area (Å²) in [6, 6.07) is 6.73. The summed E-state index contributed by atoms with van der Waals surface area (Å²) in [5, 5.41) is 4.25. The number of nitrogens with zero attached hydrogens (tertiary/aromatic N) is 1. The highest BCUT2D eigenvalue weighted by Crippen LogP contribution is 2.31. The molecule has 0 aromatic heterocycles. The molecule has 4 heteroatoms. The van der Waals surface area contributed by atoms with Crippen LogP contribution in [0.2, 0.25) is 5.02 Å². The summed E-state index contributed by atoms with van der Waals surface area (Å²) in [5.41, 5.74) is 2.36. The molecule has 1 aliphatic rings. The Morgan fingerprint density at radius 1 is 1.50 bits per heavy atom. The fourth-order valence-electron chi connectivity index (χ4n) is 2.82. The Bertz CT molecular complexity index is 438. The maximum absolute atomic E-state index is 6.49. The number of piperidine rings is 1. The predicted octanol–water partition coefficient (Wildman–Crippen LogP) is 3.63. The number of halogens is 1. The summed E-state index contributed by atoms with van der Waals surface area (Å²) in [4.78, 5) is 2.34. The van der Waals surface area contributed by atoms with Crippen LogP contribution in [0.3, 0.4) is 0 Å². The zero-order valence-corrected chi connectivity index (χ0v) is 13.4. The van der Waals surface area contributed by atoms with E-state index in [9.17, 15) is 0 Å². The van der Waals surface area contributed by atoms with Crippen molar-refractivity contribution in [2.24, 2.45) is 0 Å². The second kappa shape index (κ2) is 7.30. The molecule has 1 fully saturated rings. The molecule has 1 aromatic rings. The lowest BCUT2D eigenvalue weighted by Crippen LogP contribution is -2.39. The topological polar surface area (TPSA) is 24.5 Å². The minimum absolute atomic E-state index is 0.320. The predicted molar refractivity (Wildman–Crippen MR) is 85.8 cm³/mol. The molecule has 1 aromatic carbocycles. The van der Waals surface area contributed by atoms with E-state index in [0.29, 0.717) is 12.1 Å². The minimum Gasteiger partial charge on any atom is -0.380 e. The van der Waals surface area contributed by atoms with Gasteiger partial charge in [-0.15, -0.1) is 0 Å². The summed E-state index contributed by atoms with van der Waals surface area (Å²) < 4.78 is 5.48. The highest BCUT2D eigenvalue weighted by atomic mass is 35.5. The van der Waals surface area contributed by atoms with E-state index in [1.54, 1.807) is 7.11 Å². The molecule has 0 bridgehead atoms. The van der Waals surface area contributed by atoms with Crippen molar-refractivity contribution in [2.45, 2.75) is 38.8 Å². The van der Waals surface area contributed by atoms with Crippen molar-refractivity contribution in [1.82, 2.24) is 5.32 Å². The number of methoxy groups -OCH3 is 1. The van der Waals surface area contributed by atoms with Gasteiger partial charge in [0.15, 0.2) is 0 Å². The van der Waals surface area contributed by atoms with Crippen LogP contribution in [0, 0.1) is 0 Å². The van der Waals surface area contributed by atoms with E-state index >= 15 is 0 Å². The van der Waals surface area contributed by atoms with Crippen molar-refractivity contribution in [3.05, 3.63) is 28.8 Å². The van der Waals surface area contributed by atoms with E-state index in [2.05, 4.69) is 42.3 Å². The Morgan fingerprint density at radius 2 is 2.30 bits per heavy atom. The van der Waals surface area contributed by atoms with Gasteiger partial charge in [0.1, 0.15) is 0 Å². The van der Waals surface area contributed by atoms with E-state index in [4.69, 9.17) is 16.3 Å². The molecule has 1 heterocycles. The molecule has 20 heavy (non-hydrogen) atoms. The standard InChI is InChI=1S/C16H25ClN2O/c1-4-18-12(2)13-7-8-16(15(17)10-13)19-9-5-6-14(11-19)20-3/h7-8,10,12,14,18H,4-6,9,11H2,1-3H3. The Morgan fingerprint density at radius 3 is 2.95 bits per heavy atom. The summed E-state index contributed by atoms with van der Waals surface area (Å²) >= 11 is 6.49. The maximum Gasteiger partial charge on any atom is 0.0746 e. The number of benzene rings is 1. The number of hydrogen-bond donors (Lipinski definition) is 1. The summed E-state index contributed by atoms with van der Waals surface area (Å²) in [6.45, 7) is 7.23. The third-order valence-electron chi connectivity index (χ3n) is 4.03. The highest BCUT2D eigenvalue weighted by Gasteiger charge is 2.21. The molecule has 0 radical (unpaired) electrons. The van der Waals surface area contributed by atoms with Crippen LogP contribution in [0.4, 0.5) is 5.69 Å². The maximum atomic E-state index is 6.49. The van der Waals surface area contributed by atoms with Gasteiger partial charge < -0.3 is 15.0 Å². The first-order valence-corrected chi connectivity index (χ1v) is 7.84. The van der Waals surface area contributed by atoms with Crippen molar-refractivity contribution in [1.29, 1.82) is 0 Å². The van der Waals surface area contributed by atoms with Crippen molar-refractivity contribution < 1.29 is 4.74 Å². The summed E-state index contributed by atoms with van der Waals surface area (Å²) in [6.07, 6.45) is 2.62. The van der Waals surface area contributed by atoms with Gasteiger partial charge in [-0.2, -0.15) is 0 Å². The van der Waals surface area contributed by atoms with Crippen LogP contribution < -0.4 is 10.2 Å². The smallest absolute Gasteiger partial charge is 0.0746 e. The third kappa shape index (κ3) is 3.66. The Balaban J connectivity index is 2.13. The summed E-state index contributed by atoms with van der Waals surface area (Å²) in [7, 11) is 1.79. The average Bonchev–Trinajstić information content (AvgIpc) is 2.47. The zero-order valence-electron chi connectivity index (χ0n) is 12.7. The zero-order chi connectivity index (χ0) is 14.5. The van der Waals surface area contributed by atoms with Crippen LogP contribution >= 0.6 is 11.6 Å². The molecule has 0 aliphatic carbocycles. The molecule has 1 aliphatic heterocycles. The van der Waals surface area contributed by atoms with E-state index in [-0.39, 0.29) is 0 Å². The van der Waals surface area contributed by atoms with E-state index in [1.165, 1.54) is 5.56 Å². The Kier molecular flexibility index (Phi) is 5.70. The lowest BCUT2D eigenvalue weighted by molar-refractivity contribution is 0.0893. The lowest BCUT2D eigenvalue weighted by Gasteiger charge is -2.34. The van der Waals surface area contributed by atoms with Crippen LogP contribution in [0.25, 0.3) is 0 Å². The van der Waals surface area contributed by atoms with Gasteiger partial charge in [-0.25, -0.2) is 0 Å². The monoisotopic (exact) mass is 296 g/mol. The fourth-order valence-corrected chi connectivity index (χ4v) is 3.13. The number of rotatable bonds is 5. The van der Waals surface area contributed by atoms with Crippen molar-refractivity contribution >= 4 is 17.3 Å². The first-order chi connectivity index (χ1) is 9.65. The van der Waals surface area contributed by atoms with E-state index < -0.39 is 0 Å². The van der Waals surface area contributed by atoms with Gasteiger partial charge in [-0.05, 0) is 44.0 Å². The molecule has 2 rings (SSSR count). The molecule has 1 N–H and O–H groups in total. The molecular weight excluding hydrogens is 272 g/mol. The van der Waals surface area contributed by atoms with Crippen LogP contribution in [0.5, 0.6) is 0 Å². The van der Waals surface area contributed by atoms with E-state index in [0.717, 1.165) is 43.2 Å². The van der Waals surface area contributed by atoms with Crippen LogP contribution in [-0.2, 0) is 4.74 Å². The molecule has 0 spiro atoms. The van der Waals surface area contributed by atoms with Gasteiger partial charge in [-0.3, -0.25) is 0 Å². The SMILES string of the molecule is CCNC(C)c1ccc(N2CCCC(OC)C2)c(Cl)c1. The van der Waals surface area contributed by atoms with Gasteiger partial charge in [-0.1, -0.05) is 24.6 Å². The van der Waals surface area contributed by atoms with Crippen LogP contribution in [0.15, 0.2) is 18.2 Å². The summed E-state index contributed by atoms with van der Waals surface area (Å²) in [5.74, 6) is 0. The normalized spacial score (nSPS) is 21.0. The number of nitrogens with one attached hydrogen (secondary N) is 1. The molecule has 2 unspecified atom stereocenters. The largest absolute Gasteiger partial charge is 0.380 e. The number of ether oxygens (including phenoxy) is 1. The van der Waals surface area contributed by atoms with Crippen LogP contribution in [0.1, 0.15) is 38.3 Å². The average molecular weight is 297 g/mol. The minimum atomic E-state index is 0.320. The Hall–Kier alpha value is -0.770. The van der Waals surface area contributed by atoms with Crippen molar-refractivity contribution in [3.8, 4) is 0 Å². The van der Waals surface area contributed by atoms with Gasteiger partial charge in [0.2, 0.25) is 0 Å². The van der Waals surface area contributed by atoms with Gasteiger partial charge in [0.25, 0.3) is 0 Å². The molecule has 112 valence electrons.